The molecule has 1 atom stereocenters. The molecule has 3 rings (SSSR count). The second-order valence-corrected chi connectivity index (χ2v) is 9.19. The van der Waals surface area contributed by atoms with E-state index in [2.05, 4.69) is 45.0 Å². The van der Waals surface area contributed by atoms with Crippen LogP contribution in [0.15, 0.2) is 72.8 Å². The molecule has 0 N–H and O–H groups in total. The number of carbonyl (C=O) groups excluding carboxylic acids is 1. The second-order valence-electron chi connectivity index (χ2n) is 9.19. The molecule has 0 aliphatic carbocycles. The van der Waals surface area contributed by atoms with Crippen LogP contribution in [0.4, 0.5) is 0 Å². The largest absolute Gasteiger partial charge is 0.423 e. The molecule has 0 amide bonds. The van der Waals surface area contributed by atoms with Gasteiger partial charge in [0.25, 0.3) is 0 Å². The van der Waals surface area contributed by atoms with Crippen molar-refractivity contribution in [2.75, 3.05) is 0 Å². The van der Waals surface area contributed by atoms with Crippen molar-refractivity contribution in [2.45, 2.75) is 72.1 Å². The zero-order valence-electron chi connectivity index (χ0n) is 20.5. The summed E-state index contributed by atoms with van der Waals surface area (Å²) >= 11 is 0. The van der Waals surface area contributed by atoms with Gasteiger partial charge in [0.05, 0.1) is 5.56 Å². The van der Waals surface area contributed by atoms with Crippen molar-refractivity contribution >= 4 is 5.97 Å². The molecule has 2 nitrogen and oxygen atoms in total. The predicted molar refractivity (Wildman–Crippen MR) is 139 cm³/mol. The Bertz CT molecular complexity index is 969. The van der Waals surface area contributed by atoms with Gasteiger partial charge in [-0.1, -0.05) is 101 Å². The van der Waals surface area contributed by atoms with E-state index < -0.39 is 0 Å². The summed E-state index contributed by atoms with van der Waals surface area (Å²) in [5.41, 5.74) is 5.50. The molecule has 0 aliphatic rings. The minimum absolute atomic E-state index is 0.324. The molecular weight excluding hydrogens is 404 g/mol. The van der Waals surface area contributed by atoms with E-state index in [1.165, 1.54) is 48.8 Å². The SMILES string of the molecule is CCCCCCCc1ccc(-c2ccc(C(=O)Oc3ccc(CC(C)CC)cc3)cc2)cc1. The van der Waals surface area contributed by atoms with Gasteiger partial charge in [-0.3, -0.25) is 0 Å². The Labute approximate surface area is 200 Å². The number of hydrogen-bond donors (Lipinski definition) is 0. The third kappa shape index (κ3) is 7.89. The maximum absolute atomic E-state index is 12.6. The number of ether oxygens (including phenoxy) is 1. The minimum Gasteiger partial charge on any atom is -0.423 e. The van der Waals surface area contributed by atoms with Gasteiger partial charge in [-0.2, -0.15) is 0 Å². The van der Waals surface area contributed by atoms with E-state index in [1.807, 2.05) is 48.5 Å². The third-order valence-corrected chi connectivity index (χ3v) is 6.39. The Hall–Kier alpha value is -2.87. The molecule has 0 heterocycles. The smallest absolute Gasteiger partial charge is 0.343 e. The zero-order chi connectivity index (χ0) is 23.5. The standard InChI is InChI=1S/C31H38O2/c1-4-6-7-8-9-10-25-11-15-27(16-12-25)28-17-19-29(20-18-28)31(32)33-30-21-13-26(14-22-30)23-24(3)5-2/h11-22,24H,4-10,23H2,1-3H3. The van der Waals surface area contributed by atoms with E-state index in [0.29, 0.717) is 17.2 Å². The summed E-state index contributed by atoms with van der Waals surface area (Å²) in [4.78, 5) is 12.6. The van der Waals surface area contributed by atoms with Crippen molar-refractivity contribution in [3.05, 3.63) is 89.5 Å². The van der Waals surface area contributed by atoms with Gasteiger partial charge >= 0.3 is 5.97 Å². The highest BCUT2D eigenvalue weighted by Crippen LogP contribution is 2.22. The highest BCUT2D eigenvalue weighted by atomic mass is 16.5. The van der Waals surface area contributed by atoms with Crippen molar-refractivity contribution < 1.29 is 9.53 Å². The lowest BCUT2D eigenvalue weighted by Crippen LogP contribution is -2.08. The second kappa shape index (κ2) is 13.0. The fraction of sp³-hybridized carbons (Fsp3) is 0.387. The van der Waals surface area contributed by atoms with Crippen LogP contribution < -0.4 is 4.74 Å². The van der Waals surface area contributed by atoms with Gasteiger partial charge in [-0.15, -0.1) is 0 Å². The maximum atomic E-state index is 12.6. The van der Waals surface area contributed by atoms with E-state index in [9.17, 15) is 4.79 Å². The summed E-state index contributed by atoms with van der Waals surface area (Å²) in [7, 11) is 0. The number of rotatable bonds is 12. The van der Waals surface area contributed by atoms with Crippen molar-refractivity contribution in [1.29, 1.82) is 0 Å². The molecule has 0 aliphatic heterocycles. The topological polar surface area (TPSA) is 26.3 Å². The molecule has 0 saturated heterocycles. The van der Waals surface area contributed by atoms with Gasteiger partial charge in [-0.25, -0.2) is 4.79 Å². The molecule has 0 spiro atoms. The number of hydrogen-bond acceptors (Lipinski definition) is 2. The predicted octanol–water partition coefficient (Wildman–Crippen LogP) is 8.67. The van der Waals surface area contributed by atoms with Gasteiger partial charge in [0.1, 0.15) is 5.75 Å². The first-order valence-electron chi connectivity index (χ1n) is 12.6. The minimum atomic E-state index is -0.324. The Morgan fingerprint density at radius 2 is 1.30 bits per heavy atom. The molecule has 3 aromatic carbocycles. The molecule has 0 bridgehead atoms. The fourth-order valence-corrected chi connectivity index (χ4v) is 4.00. The van der Waals surface area contributed by atoms with Gasteiger partial charge in [0, 0.05) is 0 Å². The summed E-state index contributed by atoms with van der Waals surface area (Å²) < 4.78 is 5.57. The lowest BCUT2D eigenvalue weighted by molar-refractivity contribution is 0.0734. The highest BCUT2D eigenvalue weighted by Gasteiger charge is 2.10. The van der Waals surface area contributed by atoms with Crippen LogP contribution in [0, 0.1) is 5.92 Å². The Morgan fingerprint density at radius 3 is 1.91 bits per heavy atom. The van der Waals surface area contributed by atoms with Gasteiger partial charge < -0.3 is 4.74 Å². The third-order valence-electron chi connectivity index (χ3n) is 6.39. The van der Waals surface area contributed by atoms with Crippen molar-refractivity contribution in [2.24, 2.45) is 5.92 Å². The molecule has 0 fully saturated rings. The molecule has 0 aromatic heterocycles. The fourth-order valence-electron chi connectivity index (χ4n) is 4.00. The molecule has 2 heteroatoms. The number of aryl methyl sites for hydroxylation is 1. The van der Waals surface area contributed by atoms with Crippen LogP contribution in [0.3, 0.4) is 0 Å². The van der Waals surface area contributed by atoms with E-state index in [4.69, 9.17) is 4.74 Å². The number of benzene rings is 3. The molecule has 174 valence electrons. The summed E-state index contributed by atoms with van der Waals surface area (Å²) in [6.45, 7) is 6.71. The molecule has 0 saturated carbocycles. The molecule has 33 heavy (non-hydrogen) atoms. The molecule has 3 aromatic rings. The van der Waals surface area contributed by atoms with E-state index in [1.54, 1.807) is 0 Å². The average Bonchev–Trinajstić information content (AvgIpc) is 2.85. The maximum Gasteiger partial charge on any atom is 0.343 e. The lowest BCUT2D eigenvalue weighted by atomic mass is 9.99. The first-order valence-corrected chi connectivity index (χ1v) is 12.6. The molecular formula is C31H38O2. The average molecular weight is 443 g/mol. The summed E-state index contributed by atoms with van der Waals surface area (Å²) in [5, 5.41) is 0. The highest BCUT2D eigenvalue weighted by molar-refractivity contribution is 5.91. The first-order chi connectivity index (χ1) is 16.1. The van der Waals surface area contributed by atoms with Gasteiger partial charge in [0.15, 0.2) is 0 Å². The number of carbonyl (C=O) groups is 1. The zero-order valence-corrected chi connectivity index (χ0v) is 20.5. The van der Waals surface area contributed by atoms with Crippen LogP contribution in [0.5, 0.6) is 5.75 Å². The van der Waals surface area contributed by atoms with Crippen LogP contribution in [-0.4, -0.2) is 5.97 Å². The monoisotopic (exact) mass is 442 g/mol. The summed E-state index contributed by atoms with van der Waals surface area (Å²) in [5.74, 6) is 0.917. The Kier molecular flexibility index (Phi) is 9.75. The van der Waals surface area contributed by atoms with E-state index >= 15 is 0 Å². The van der Waals surface area contributed by atoms with E-state index in [0.717, 1.165) is 24.8 Å². The van der Waals surface area contributed by atoms with Crippen molar-refractivity contribution in [3.63, 3.8) is 0 Å². The quantitative estimate of drug-likeness (QED) is 0.159. The number of esters is 1. The van der Waals surface area contributed by atoms with E-state index in [-0.39, 0.29) is 5.97 Å². The Morgan fingerprint density at radius 1 is 0.727 bits per heavy atom. The summed E-state index contributed by atoms with van der Waals surface area (Å²) in [6, 6.07) is 24.3. The molecule has 0 radical (unpaired) electrons. The number of unbranched alkanes of at least 4 members (excludes halogenated alkanes) is 4. The Balaban J connectivity index is 1.53. The lowest BCUT2D eigenvalue weighted by Gasteiger charge is -2.10. The van der Waals surface area contributed by atoms with Crippen LogP contribution in [0.1, 0.15) is 80.8 Å². The van der Waals surface area contributed by atoms with Crippen molar-refractivity contribution in [3.8, 4) is 16.9 Å². The summed E-state index contributed by atoms with van der Waals surface area (Å²) in [6.07, 6.45) is 9.90. The first kappa shape index (κ1) is 24.8. The normalized spacial score (nSPS) is 11.8. The van der Waals surface area contributed by atoms with Crippen LogP contribution in [0.25, 0.3) is 11.1 Å². The van der Waals surface area contributed by atoms with Crippen LogP contribution in [-0.2, 0) is 12.8 Å². The van der Waals surface area contributed by atoms with Gasteiger partial charge in [0.2, 0.25) is 0 Å². The molecule has 1 unspecified atom stereocenters. The van der Waals surface area contributed by atoms with Crippen LogP contribution >= 0.6 is 0 Å². The van der Waals surface area contributed by atoms with Crippen molar-refractivity contribution in [1.82, 2.24) is 0 Å². The van der Waals surface area contributed by atoms with Crippen LogP contribution in [0.2, 0.25) is 0 Å². The van der Waals surface area contributed by atoms with Gasteiger partial charge in [-0.05, 0) is 71.7 Å².